The van der Waals surface area contributed by atoms with Gasteiger partial charge in [-0.15, -0.1) is 0 Å². The van der Waals surface area contributed by atoms with Gasteiger partial charge in [0.15, 0.2) is 0 Å². The predicted octanol–water partition coefficient (Wildman–Crippen LogP) is 1.12. The first-order valence-corrected chi connectivity index (χ1v) is 6.16. The first kappa shape index (κ1) is 12.0. The molecule has 17 heavy (non-hydrogen) atoms. The highest BCUT2D eigenvalue weighted by molar-refractivity contribution is 5.93. The lowest BCUT2D eigenvalue weighted by Gasteiger charge is -2.09. The predicted molar refractivity (Wildman–Crippen MR) is 66.9 cm³/mol. The molecule has 2 N–H and O–H groups in total. The number of rotatable bonds is 4. The quantitative estimate of drug-likeness (QED) is 0.819. The van der Waals surface area contributed by atoms with E-state index in [2.05, 4.69) is 15.6 Å². The number of aromatic nitrogens is 1. The van der Waals surface area contributed by atoms with Gasteiger partial charge in [-0.1, -0.05) is 0 Å². The molecular formula is C13H19N3O. The second kappa shape index (κ2) is 5.77. The van der Waals surface area contributed by atoms with E-state index in [1.165, 1.54) is 6.42 Å². The van der Waals surface area contributed by atoms with Crippen molar-refractivity contribution in [3.8, 4) is 0 Å². The van der Waals surface area contributed by atoms with E-state index in [9.17, 15) is 4.79 Å². The highest BCUT2D eigenvalue weighted by Gasteiger charge is 2.14. The molecule has 1 saturated heterocycles. The summed E-state index contributed by atoms with van der Waals surface area (Å²) in [6.07, 6.45) is 5.64. The minimum atomic E-state index is -0.0212. The number of hydrogen-bond donors (Lipinski definition) is 2. The summed E-state index contributed by atoms with van der Waals surface area (Å²) in [5.41, 5.74) is 1.66. The molecule has 1 aromatic rings. The number of pyridine rings is 1. The second-order valence-corrected chi connectivity index (χ2v) is 4.65. The van der Waals surface area contributed by atoms with Crippen molar-refractivity contribution in [1.82, 2.24) is 15.6 Å². The van der Waals surface area contributed by atoms with Gasteiger partial charge in [-0.3, -0.25) is 9.78 Å². The zero-order valence-corrected chi connectivity index (χ0v) is 10.2. The molecule has 2 rings (SSSR count). The fourth-order valence-corrected chi connectivity index (χ4v) is 2.13. The Morgan fingerprint density at radius 2 is 2.47 bits per heavy atom. The SMILES string of the molecule is Cc1cncc(C(=O)NCCC2CCNC2)c1. The summed E-state index contributed by atoms with van der Waals surface area (Å²) >= 11 is 0. The molecule has 1 aliphatic heterocycles. The van der Waals surface area contributed by atoms with Crippen LogP contribution >= 0.6 is 0 Å². The Balaban J connectivity index is 1.77. The zero-order chi connectivity index (χ0) is 12.1. The third kappa shape index (κ3) is 3.53. The van der Waals surface area contributed by atoms with E-state index in [0.29, 0.717) is 11.5 Å². The number of nitrogens with zero attached hydrogens (tertiary/aromatic N) is 1. The molecular weight excluding hydrogens is 214 g/mol. The largest absolute Gasteiger partial charge is 0.352 e. The molecule has 4 heteroatoms. The minimum absolute atomic E-state index is 0.0212. The summed E-state index contributed by atoms with van der Waals surface area (Å²) in [6, 6.07) is 1.86. The molecule has 0 aromatic carbocycles. The van der Waals surface area contributed by atoms with Crippen LogP contribution in [0.15, 0.2) is 18.5 Å². The van der Waals surface area contributed by atoms with Gasteiger partial charge in [0, 0.05) is 18.9 Å². The van der Waals surface area contributed by atoms with E-state index >= 15 is 0 Å². The maximum atomic E-state index is 11.8. The Labute approximate surface area is 102 Å². The summed E-state index contributed by atoms with van der Waals surface area (Å²) in [6.45, 7) is 4.88. The number of carbonyl (C=O) groups is 1. The molecule has 0 aliphatic carbocycles. The van der Waals surface area contributed by atoms with Crippen LogP contribution in [0.2, 0.25) is 0 Å². The van der Waals surface area contributed by atoms with Crippen molar-refractivity contribution in [2.45, 2.75) is 19.8 Å². The van der Waals surface area contributed by atoms with Crippen molar-refractivity contribution in [3.05, 3.63) is 29.6 Å². The van der Waals surface area contributed by atoms with Crippen LogP contribution in [0, 0.1) is 12.8 Å². The van der Waals surface area contributed by atoms with Crippen LogP contribution in [-0.2, 0) is 0 Å². The van der Waals surface area contributed by atoms with Crippen molar-refractivity contribution in [2.75, 3.05) is 19.6 Å². The lowest BCUT2D eigenvalue weighted by Crippen LogP contribution is -2.26. The summed E-state index contributed by atoms with van der Waals surface area (Å²) in [5.74, 6) is 0.693. The highest BCUT2D eigenvalue weighted by atomic mass is 16.1. The molecule has 1 atom stereocenters. The van der Waals surface area contributed by atoms with Crippen LogP contribution in [-0.4, -0.2) is 30.5 Å². The Hall–Kier alpha value is -1.42. The molecule has 1 fully saturated rings. The monoisotopic (exact) mass is 233 g/mol. The van der Waals surface area contributed by atoms with Gasteiger partial charge in [0.25, 0.3) is 5.91 Å². The number of amides is 1. The van der Waals surface area contributed by atoms with E-state index < -0.39 is 0 Å². The van der Waals surface area contributed by atoms with Gasteiger partial charge in [0.05, 0.1) is 5.56 Å². The highest BCUT2D eigenvalue weighted by Crippen LogP contribution is 2.11. The fraction of sp³-hybridized carbons (Fsp3) is 0.538. The van der Waals surface area contributed by atoms with Crippen molar-refractivity contribution in [3.63, 3.8) is 0 Å². The van der Waals surface area contributed by atoms with Crippen LogP contribution in [0.1, 0.15) is 28.8 Å². The molecule has 92 valence electrons. The minimum Gasteiger partial charge on any atom is -0.352 e. The Morgan fingerprint density at radius 3 is 3.18 bits per heavy atom. The number of hydrogen-bond acceptors (Lipinski definition) is 3. The average molecular weight is 233 g/mol. The molecule has 0 saturated carbocycles. The van der Waals surface area contributed by atoms with Crippen molar-refractivity contribution >= 4 is 5.91 Å². The summed E-state index contributed by atoms with van der Waals surface area (Å²) in [7, 11) is 0. The van der Waals surface area contributed by atoms with Crippen LogP contribution in [0.5, 0.6) is 0 Å². The van der Waals surface area contributed by atoms with E-state index in [4.69, 9.17) is 0 Å². The first-order valence-electron chi connectivity index (χ1n) is 6.16. The molecule has 4 nitrogen and oxygen atoms in total. The number of aryl methyl sites for hydroxylation is 1. The van der Waals surface area contributed by atoms with E-state index in [1.54, 1.807) is 12.4 Å². The number of nitrogens with one attached hydrogen (secondary N) is 2. The normalized spacial score (nSPS) is 19.2. The summed E-state index contributed by atoms with van der Waals surface area (Å²) in [4.78, 5) is 15.8. The zero-order valence-electron chi connectivity index (χ0n) is 10.2. The first-order chi connectivity index (χ1) is 8.25. The van der Waals surface area contributed by atoms with Gasteiger partial charge in [-0.2, -0.15) is 0 Å². The van der Waals surface area contributed by atoms with Gasteiger partial charge < -0.3 is 10.6 Å². The average Bonchev–Trinajstić information content (AvgIpc) is 2.82. The van der Waals surface area contributed by atoms with Crippen LogP contribution in [0.3, 0.4) is 0 Å². The number of carbonyl (C=O) groups excluding carboxylic acids is 1. The molecule has 2 heterocycles. The molecule has 0 bridgehead atoms. The van der Waals surface area contributed by atoms with Crippen molar-refractivity contribution < 1.29 is 4.79 Å². The maximum absolute atomic E-state index is 11.8. The third-order valence-electron chi connectivity index (χ3n) is 3.14. The molecule has 0 spiro atoms. The summed E-state index contributed by atoms with van der Waals surface area (Å²) < 4.78 is 0. The van der Waals surface area contributed by atoms with Gasteiger partial charge in [-0.05, 0) is 50.4 Å². The van der Waals surface area contributed by atoms with E-state index in [1.807, 2.05) is 13.0 Å². The summed E-state index contributed by atoms with van der Waals surface area (Å²) in [5, 5.41) is 6.27. The van der Waals surface area contributed by atoms with Crippen LogP contribution in [0.4, 0.5) is 0 Å². The van der Waals surface area contributed by atoms with Gasteiger partial charge in [0.1, 0.15) is 0 Å². The van der Waals surface area contributed by atoms with Gasteiger partial charge in [-0.25, -0.2) is 0 Å². The molecule has 1 aromatic heterocycles. The van der Waals surface area contributed by atoms with E-state index in [-0.39, 0.29) is 5.91 Å². The van der Waals surface area contributed by atoms with E-state index in [0.717, 1.165) is 31.6 Å². The van der Waals surface area contributed by atoms with Crippen molar-refractivity contribution in [2.24, 2.45) is 5.92 Å². The second-order valence-electron chi connectivity index (χ2n) is 4.65. The molecule has 1 unspecified atom stereocenters. The Morgan fingerprint density at radius 1 is 1.59 bits per heavy atom. The smallest absolute Gasteiger partial charge is 0.252 e. The Bertz CT molecular complexity index is 386. The lowest BCUT2D eigenvalue weighted by atomic mass is 10.1. The van der Waals surface area contributed by atoms with Crippen LogP contribution < -0.4 is 10.6 Å². The maximum Gasteiger partial charge on any atom is 0.252 e. The standard InChI is InChI=1S/C13H19N3O/c1-10-6-12(9-15-7-10)13(17)16-5-3-11-2-4-14-8-11/h6-7,9,11,14H,2-5,8H2,1H3,(H,16,17). The van der Waals surface area contributed by atoms with Crippen molar-refractivity contribution in [1.29, 1.82) is 0 Å². The van der Waals surface area contributed by atoms with Gasteiger partial charge >= 0.3 is 0 Å². The molecule has 0 radical (unpaired) electrons. The van der Waals surface area contributed by atoms with Gasteiger partial charge in [0.2, 0.25) is 0 Å². The lowest BCUT2D eigenvalue weighted by molar-refractivity contribution is 0.0951. The third-order valence-corrected chi connectivity index (χ3v) is 3.14. The topological polar surface area (TPSA) is 54.0 Å². The molecule has 1 aliphatic rings. The fourth-order valence-electron chi connectivity index (χ4n) is 2.13. The molecule has 1 amide bonds. The Kier molecular flexibility index (Phi) is 4.09. The van der Waals surface area contributed by atoms with Crippen LogP contribution in [0.25, 0.3) is 0 Å².